The van der Waals surface area contributed by atoms with E-state index in [-0.39, 0.29) is 11.5 Å². The van der Waals surface area contributed by atoms with Crippen LogP contribution in [0.2, 0.25) is 0 Å². The minimum atomic E-state index is -1.20. The molecule has 1 aromatic carbocycles. The summed E-state index contributed by atoms with van der Waals surface area (Å²) in [4.78, 5) is 22.8. The van der Waals surface area contributed by atoms with Gasteiger partial charge in [0.05, 0.1) is 0 Å². The molecule has 0 aliphatic carbocycles. The van der Waals surface area contributed by atoms with Crippen LogP contribution in [-0.2, 0) is 6.42 Å². The molecule has 0 fully saturated rings. The summed E-state index contributed by atoms with van der Waals surface area (Å²) < 4.78 is 4.98. The van der Waals surface area contributed by atoms with Gasteiger partial charge in [-0.15, -0.1) is 0 Å². The lowest BCUT2D eigenvalue weighted by Gasteiger charge is -2.11. The summed E-state index contributed by atoms with van der Waals surface area (Å²) in [5.74, 6) is -1.93. The van der Waals surface area contributed by atoms with Crippen LogP contribution < -0.4 is 5.32 Å². The van der Waals surface area contributed by atoms with Crippen molar-refractivity contribution in [3.05, 3.63) is 53.0 Å². The van der Waals surface area contributed by atoms with Crippen molar-refractivity contribution in [1.82, 2.24) is 0 Å². The number of hydrogen-bond acceptors (Lipinski definition) is 3. The summed E-state index contributed by atoms with van der Waals surface area (Å²) in [6.07, 6.45) is 0.788. The molecule has 0 atom stereocenters. The van der Waals surface area contributed by atoms with E-state index in [1.54, 1.807) is 0 Å². The Kier molecular flexibility index (Phi) is 3.89. The number of carbonyl (C=O) groups is 2. The monoisotopic (exact) mass is 273 g/mol. The van der Waals surface area contributed by atoms with Crippen LogP contribution >= 0.6 is 0 Å². The van der Waals surface area contributed by atoms with Crippen molar-refractivity contribution in [2.75, 3.05) is 5.32 Å². The minimum absolute atomic E-state index is 0.0206. The van der Waals surface area contributed by atoms with Gasteiger partial charge in [-0.3, -0.25) is 4.79 Å². The highest BCUT2D eigenvalue weighted by Gasteiger charge is 2.16. The van der Waals surface area contributed by atoms with Crippen LogP contribution in [0.15, 0.2) is 34.7 Å². The fourth-order valence-electron chi connectivity index (χ4n) is 1.95. The Labute approximate surface area is 116 Å². The normalized spacial score (nSPS) is 10.3. The minimum Gasteiger partial charge on any atom is -0.475 e. The number of rotatable bonds is 4. The maximum absolute atomic E-state index is 12.1. The molecule has 2 aromatic rings. The van der Waals surface area contributed by atoms with Gasteiger partial charge in [0.2, 0.25) is 5.76 Å². The number of furan rings is 1. The van der Waals surface area contributed by atoms with E-state index in [4.69, 9.17) is 9.52 Å². The lowest BCUT2D eigenvalue weighted by atomic mass is 10.1. The van der Waals surface area contributed by atoms with Gasteiger partial charge in [-0.05, 0) is 36.6 Å². The first-order chi connectivity index (χ1) is 9.52. The lowest BCUT2D eigenvalue weighted by Crippen LogP contribution is -2.13. The van der Waals surface area contributed by atoms with Crippen LogP contribution in [0.5, 0.6) is 0 Å². The van der Waals surface area contributed by atoms with Crippen LogP contribution in [0.1, 0.15) is 39.2 Å². The van der Waals surface area contributed by atoms with Crippen molar-refractivity contribution in [2.45, 2.75) is 20.3 Å². The van der Waals surface area contributed by atoms with Gasteiger partial charge in [-0.25, -0.2) is 4.79 Å². The van der Waals surface area contributed by atoms with Crippen molar-refractivity contribution in [3.63, 3.8) is 0 Å². The molecule has 2 rings (SSSR count). The van der Waals surface area contributed by atoms with Crippen molar-refractivity contribution >= 4 is 17.6 Å². The second kappa shape index (κ2) is 5.61. The highest BCUT2D eigenvalue weighted by molar-refractivity contribution is 6.03. The number of nitrogens with one attached hydrogen (secondary N) is 1. The van der Waals surface area contributed by atoms with Crippen LogP contribution in [0.3, 0.4) is 0 Å². The van der Waals surface area contributed by atoms with Gasteiger partial charge in [-0.2, -0.15) is 0 Å². The Bertz CT molecular complexity index is 658. The van der Waals surface area contributed by atoms with Gasteiger partial charge in [0.15, 0.2) is 5.76 Å². The molecule has 5 heteroatoms. The van der Waals surface area contributed by atoms with Crippen molar-refractivity contribution in [3.8, 4) is 0 Å². The molecule has 1 aromatic heterocycles. The average molecular weight is 273 g/mol. The molecule has 5 nitrogen and oxygen atoms in total. The molecule has 0 spiro atoms. The largest absolute Gasteiger partial charge is 0.475 e. The summed E-state index contributed by atoms with van der Waals surface area (Å²) in [5.41, 5.74) is 2.71. The molecule has 0 saturated carbocycles. The van der Waals surface area contributed by atoms with Crippen LogP contribution in [0, 0.1) is 6.92 Å². The molecule has 0 aliphatic heterocycles. The van der Waals surface area contributed by atoms with Crippen molar-refractivity contribution in [1.29, 1.82) is 0 Å². The molecule has 0 bridgehead atoms. The molecule has 0 radical (unpaired) electrons. The van der Waals surface area contributed by atoms with Gasteiger partial charge < -0.3 is 14.8 Å². The van der Waals surface area contributed by atoms with Crippen LogP contribution in [0.25, 0.3) is 0 Å². The molecular weight excluding hydrogens is 258 g/mol. The zero-order valence-corrected chi connectivity index (χ0v) is 11.3. The van der Waals surface area contributed by atoms with Crippen LogP contribution in [0.4, 0.5) is 5.69 Å². The Hall–Kier alpha value is -2.56. The highest BCUT2D eigenvalue weighted by Crippen LogP contribution is 2.22. The smallest absolute Gasteiger partial charge is 0.371 e. The first-order valence-corrected chi connectivity index (χ1v) is 6.26. The van der Waals surface area contributed by atoms with Gasteiger partial charge in [0.1, 0.15) is 0 Å². The summed E-state index contributed by atoms with van der Waals surface area (Å²) in [6, 6.07) is 8.38. The van der Waals surface area contributed by atoms with E-state index in [1.807, 2.05) is 32.0 Å². The summed E-state index contributed by atoms with van der Waals surface area (Å²) in [7, 11) is 0. The number of benzene rings is 1. The summed E-state index contributed by atoms with van der Waals surface area (Å²) in [6.45, 7) is 3.90. The van der Waals surface area contributed by atoms with E-state index in [1.165, 1.54) is 12.1 Å². The second-order valence-corrected chi connectivity index (χ2v) is 4.39. The van der Waals surface area contributed by atoms with Gasteiger partial charge in [0, 0.05) is 5.69 Å². The third-order valence-electron chi connectivity index (χ3n) is 3.02. The first kappa shape index (κ1) is 13.9. The SMILES string of the molecule is CCc1cccc(C)c1NC(=O)c1ccc(C(=O)O)o1. The molecule has 0 saturated heterocycles. The zero-order valence-electron chi connectivity index (χ0n) is 11.3. The number of hydrogen-bond donors (Lipinski definition) is 2. The maximum Gasteiger partial charge on any atom is 0.371 e. The number of aromatic carboxylic acids is 1. The number of carboxylic acids is 1. The molecule has 104 valence electrons. The quantitative estimate of drug-likeness (QED) is 0.897. The fourth-order valence-corrected chi connectivity index (χ4v) is 1.95. The Balaban J connectivity index is 2.25. The standard InChI is InChI=1S/C15H15NO4/c1-3-10-6-4-5-9(2)13(10)16-14(17)11-7-8-12(20-11)15(18)19/h4-8H,3H2,1-2H3,(H,16,17)(H,18,19). The number of aryl methyl sites for hydroxylation is 2. The molecule has 1 heterocycles. The second-order valence-electron chi connectivity index (χ2n) is 4.39. The first-order valence-electron chi connectivity index (χ1n) is 6.26. The van der Waals surface area contributed by atoms with E-state index < -0.39 is 11.9 Å². The fraction of sp³-hybridized carbons (Fsp3) is 0.200. The Morgan fingerprint density at radius 1 is 1.20 bits per heavy atom. The number of anilines is 1. The van der Waals surface area contributed by atoms with Gasteiger partial charge in [0.25, 0.3) is 5.91 Å². The molecule has 1 amide bonds. The van der Waals surface area contributed by atoms with E-state index >= 15 is 0 Å². The molecule has 0 aliphatic rings. The number of amides is 1. The average Bonchev–Trinajstić information content (AvgIpc) is 2.91. The predicted molar refractivity (Wildman–Crippen MR) is 74.2 cm³/mol. The van der Waals surface area contributed by atoms with E-state index in [9.17, 15) is 9.59 Å². The summed E-state index contributed by atoms with van der Waals surface area (Å²) >= 11 is 0. The number of para-hydroxylation sites is 1. The van der Waals surface area contributed by atoms with Crippen molar-refractivity contribution < 1.29 is 19.1 Å². The zero-order chi connectivity index (χ0) is 14.7. The molecule has 20 heavy (non-hydrogen) atoms. The molecular formula is C15H15NO4. The predicted octanol–water partition coefficient (Wildman–Crippen LogP) is 3.10. The van der Waals surface area contributed by atoms with Crippen molar-refractivity contribution in [2.24, 2.45) is 0 Å². The Morgan fingerprint density at radius 2 is 1.90 bits per heavy atom. The molecule has 2 N–H and O–H groups in total. The van der Waals surface area contributed by atoms with E-state index in [0.717, 1.165) is 23.2 Å². The third kappa shape index (κ3) is 2.71. The van der Waals surface area contributed by atoms with E-state index in [2.05, 4.69) is 5.32 Å². The van der Waals surface area contributed by atoms with Gasteiger partial charge in [-0.1, -0.05) is 25.1 Å². The number of carboxylic acid groups (broad SMARTS) is 1. The number of carbonyl (C=O) groups excluding carboxylic acids is 1. The summed E-state index contributed by atoms with van der Waals surface area (Å²) in [5, 5.41) is 11.5. The topological polar surface area (TPSA) is 79.5 Å². The lowest BCUT2D eigenvalue weighted by molar-refractivity contribution is 0.0660. The maximum atomic E-state index is 12.1. The van der Waals surface area contributed by atoms with Gasteiger partial charge >= 0.3 is 5.97 Å². The highest BCUT2D eigenvalue weighted by atomic mass is 16.4. The Morgan fingerprint density at radius 3 is 2.50 bits per heavy atom. The molecule has 0 unspecified atom stereocenters. The van der Waals surface area contributed by atoms with Crippen LogP contribution in [-0.4, -0.2) is 17.0 Å². The third-order valence-corrected chi connectivity index (χ3v) is 3.02. The van der Waals surface area contributed by atoms with E-state index in [0.29, 0.717) is 0 Å².